The first-order chi connectivity index (χ1) is 9.81. The Balaban J connectivity index is 1.81. The van der Waals surface area contributed by atoms with E-state index in [1.165, 1.54) is 0 Å². The summed E-state index contributed by atoms with van der Waals surface area (Å²) in [6.07, 6.45) is 1.12. The van der Waals surface area contributed by atoms with Crippen LogP contribution in [0.25, 0.3) is 0 Å². The molecular weight excluding hydrogens is 254 g/mol. The monoisotopic (exact) mass is 275 g/mol. The number of rotatable bonds is 8. The number of ether oxygens (including phenoxy) is 2. The number of nitrogens with one attached hydrogen (secondary N) is 1. The fourth-order valence-corrected chi connectivity index (χ4v) is 1.81. The highest BCUT2D eigenvalue weighted by Crippen LogP contribution is 2.18. The van der Waals surface area contributed by atoms with E-state index in [2.05, 4.69) is 12.2 Å². The van der Waals surface area contributed by atoms with Gasteiger partial charge in [0.2, 0.25) is 0 Å². The lowest BCUT2D eigenvalue weighted by Gasteiger charge is -2.05. The van der Waals surface area contributed by atoms with Crippen molar-refractivity contribution in [1.29, 1.82) is 0 Å². The van der Waals surface area contributed by atoms with Crippen molar-refractivity contribution in [2.75, 3.05) is 13.7 Å². The van der Waals surface area contributed by atoms with Crippen molar-refractivity contribution >= 4 is 0 Å². The summed E-state index contributed by atoms with van der Waals surface area (Å²) in [4.78, 5) is 0. The Kier molecular flexibility index (Phi) is 5.50. The SMILES string of the molecule is CCCNCc1ccc(COc2ccc(OC)cc2)o1. The van der Waals surface area contributed by atoms with E-state index >= 15 is 0 Å². The second kappa shape index (κ2) is 7.60. The fraction of sp³-hybridized carbons (Fsp3) is 0.375. The molecule has 0 bridgehead atoms. The van der Waals surface area contributed by atoms with Gasteiger partial charge < -0.3 is 19.2 Å². The molecular formula is C16H21NO3. The molecule has 2 aromatic rings. The van der Waals surface area contributed by atoms with E-state index in [-0.39, 0.29) is 0 Å². The molecule has 20 heavy (non-hydrogen) atoms. The van der Waals surface area contributed by atoms with Gasteiger partial charge in [0.1, 0.15) is 29.6 Å². The van der Waals surface area contributed by atoms with Gasteiger partial charge >= 0.3 is 0 Å². The minimum absolute atomic E-state index is 0.431. The third-order valence-electron chi connectivity index (χ3n) is 2.88. The molecule has 1 aromatic carbocycles. The highest BCUT2D eigenvalue weighted by Gasteiger charge is 2.03. The fourth-order valence-electron chi connectivity index (χ4n) is 1.81. The molecule has 0 aliphatic rings. The van der Waals surface area contributed by atoms with E-state index in [0.29, 0.717) is 6.61 Å². The van der Waals surface area contributed by atoms with E-state index in [1.807, 2.05) is 36.4 Å². The molecule has 0 atom stereocenters. The Bertz CT molecular complexity index is 505. The van der Waals surface area contributed by atoms with E-state index < -0.39 is 0 Å². The summed E-state index contributed by atoms with van der Waals surface area (Å²) in [6.45, 7) is 4.33. The van der Waals surface area contributed by atoms with Crippen LogP contribution in [0.15, 0.2) is 40.8 Å². The molecule has 4 heteroatoms. The standard InChI is InChI=1S/C16H21NO3/c1-3-10-17-11-15-8-9-16(20-15)12-19-14-6-4-13(18-2)5-7-14/h4-9,17H,3,10-12H2,1-2H3. The highest BCUT2D eigenvalue weighted by atomic mass is 16.5. The van der Waals surface area contributed by atoms with Crippen LogP contribution < -0.4 is 14.8 Å². The third-order valence-corrected chi connectivity index (χ3v) is 2.88. The molecule has 0 aliphatic carbocycles. The number of benzene rings is 1. The van der Waals surface area contributed by atoms with Gasteiger partial charge in [-0.2, -0.15) is 0 Å². The van der Waals surface area contributed by atoms with Gasteiger partial charge in [-0.1, -0.05) is 6.92 Å². The lowest BCUT2D eigenvalue weighted by atomic mass is 10.3. The lowest BCUT2D eigenvalue weighted by molar-refractivity contribution is 0.264. The van der Waals surface area contributed by atoms with Crippen LogP contribution in [-0.4, -0.2) is 13.7 Å². The first kappa shape index (κ1) is 14.5. The molecule has 0 saturated carbocycles. The van der Waals surface area contributed by atoms with Crippen LogP contribution in [0.5, 0.6) is 11.5 Å². The van der Waals surface area contributed by atoms with Crippen LogP contribution in [0.3, 0.4) is 0 Å². The van der Waals surface area contributed by atoms with Crippen molar-refractivity contribution < 1.29 is 13.9 Å². The smallest absolute Gasteiger partial charge is 0.146 e. The van der Waals surface area contributed by atoms with Gasteiger partial charge in [0.05, 0.1) is 13.7 Å². The quantitative estimate of drug-likeness (QED) is 0.750. The molecule has 0 unspecified atom stereocenters. The van der Waals surface area contributed by atoms with E-state index in [1.54, 1.807) is 7.11 Å². The van der Waals surface area contributed by atoms with Crippen LogP contribution in [0.4, 0.5) is 0 Å². The maximum Gasteiger partial charge on any atom is 0.146 e. The molecule has 2 rings (SSSR count). The van der Waals surface area contributed by atoms with Gasteiger partial charge in [-0.3, -0.25) is 0 Å². The van der Waals surface area contributed by atoms with Gasteiger partial charge in [-0.15, -0.1) is 0 Å². The van der Waals surface area contributed by atoms with Crippen LogP contribution in [0.1, 0.15) is 24.9 Å². The average Bonchev–Trinajstić information content (AvgIpc) is 2.94. The summed E-state index contributed by atoms with van der Waals surface area (Å²) < 4.78 is 16.4. The van der Waals surface area contributed by atoms with Crippen molar-refractivity contribution in [3.8, 4) is 11.5 Å². The first-order valence-corrected chi connectivity index (χ1v) is 6.87. The summed E-state index contributed by atoms with van der Waals surface area (Å²) in [6, 6.07) is 11.4. The van der Waals surface area contributed by atoms with Crippen molar-refractivity contribution in [1.82, 2.24) is 5.32 Å². The minimum atomic E-state index is 0.431. The molecule has 1 N–H and O–H groups in total. The molecule has 108 valence electrons. The third kappa shape index (κ3) is 4.31. The number of furan rings is 1. The van der Waals surface area contributed by atoms with Crippen molar-refractivity contribution in [3.63, 3.8) is 0 Å². The zero-order valence-electron chi connectivity index (χ0n) is 12.0. The topological polar surface area (TPSA) is 43.6 Å². The molecule has 0 radical (unpaired) electrons. The van der Waals surface area contributed by atoms with Crippen molar-refractivity contribution in [2.24, 2.45) is 0 Å². The second-order valence-electron chi connectivity index (χ2n) is 4.51. The van der Waals surface area contributed by atoms with Gasteiger partial charge in [0, 0.05) is 0 Å². The summed E-state index contributed by atoms with van der Waals surface area (Å²) in [7, 11) is 1.65. The molecule has 0 spiro atoms. The number of hydrogen-bond acceptors (Lipinski definition) is 4. The summed E-state index contributed by atoms with van der Waals surface area (Å²) in [5, 5.41) is 3.30. The Morgan fingerprint density at radius 1 is 1.00 bits per heavy atom. The summed E-state index contributed by atoms with van der Waals surface area (Å²) in [5.74, 6) is 3.38. The second-order valence-corrected chi connectivity index (χ2v) is 4.51. The molecule has 0 fully saturated rings. The molecule has 0 aliphatic heterocycles. The molecule has 4 nitrogen and oxygen atoms in total. The Morgan fingerprint density at radius 3 is 2.40 bits per heavy atom. The van der Waals surface area contributed by atoms with Gasteiger partial charge in [0.25, 0.3) is 0 Å². The first-order valence-electron chi connectivity index (χ1n) is 6.87. The predicted molar refractivity (Wildman–Crippen MR) is 78.0 cm³/mol. The van der Waals surface area contributed by atoms with Crippen LogP contribution in [-0.2, 0) is 13.2 Å². The lowest BCUT2D eigenvalue weighted by Crippen LogP contribution is -2.13. The zero-order valence-corrected chi connectivity index (χ0v) is 12.0. The Labute approximate surface area is 119 Å². The van der Waals surface area contributed by atoms with Crippen molar-refractivity contribution in [3.05, 3.63) is 47.9 Å². The van der Waals surface area contributed by atoms with E-state index in [4.69, 9.17) is 13.9 Å². The number of hydrogen-bond donors (Lipinski definition) is 1. The van der Waals surface area contributed by atoms with Crippen molar-refractivity contribution in [2.45, 2.75) is 26.5 Å². The summed E-state index contributed by atoms with van der Waals surface area (Å²) >= 11 is 0. The van der Waals surface area contributed by atoms with E-state index in [0.717, 1.165) is 42.5 Å². The van der Waals surface area contributed by atoms with Crippen LogP contribution >= 0.6 is 0 Å². The van der Waals surface area contributed by atoms with Gasteiger partial charge in [-0.25, -0.2) is 0 Å². The van der Waals surface area contributed by atoms with Crippen LogP contribution in [0.2, 0.25) is 0 Å². The van der Waals surface area contributed by atoms with Gasteiger partial charge in [-0.05, 0) is 49.4 Å². The zero-order chi connectivity index (χ0) is 14.2. The maximum atomic E-state index is 5.68. The summed E-state index contributed by atoms with van der Waals surface area (Å²) in [5.41, 5.74) is 0. The Morgan fingerprint density at radius 2 is 1.70 bits per heavy atom. The molecule has 1 heterocycles. The normalized spacial score (nSPS) is 10.5. The average molecular weight is 275 g/mol. The largest absolute Gasteiger partial charge is 0.497 e. The highest BCUT2D eigenvalue weighted by molar-refractivity contribution is 5.31. The minimum Gasteiger partial charge on any atom is -0.497 e. The Hall–Kier alpha value is -1.94. The van der Waals surface area contributed by atoms with E-state index in [9.17, 15) is 0 Å². The molecule has 1 aromatic heterocycles. The molecule has 0 amide bonds. The van der Waals surface area contributed by atoms with Gasteiger partial charge in [0.15, 0.2) is 0 Å². The predicted octanol–water partition coefficient (Wildman–Crippen LogP) is 3.37. The van der Waals surface area contributed by atoms with Crippen LogP contribution in [0, 0.1) is 0 Å². The maximum absolute atomic E-state index is 5.68. The molecule has 0 saturated heterocycles. The number of methoxy groups -OCH3 is 1.